The Morgan fingerprint density at radius 3 is 0.913 bits per heavy atom. The van der Waals surface area contributed by atoms with Gasteiger partial charge < -0.3 is 25.3 Å². The van der Waals surface area contributed by atoms with Crippen LogP contribution in [0.5, 0.6) is 0 Å². The summed E-state index contributed by atoms with van der Waals surface area (Å²) in [6.07, 6.45) is 17.4. The van der Waals surface area contributed by atoms with Crippen LogP contribution < -0.4 is 0 Å². The second-order valence-electron chi connectivity index (χ2n) is 5.39. The number of unbranched alkanes of at least 4 members (excludes halogenated alkanes) is 8. The third-order valence-electron chi connectivity index (χ3n) is 2.50. The zero-order chi connectivity index (χ0) is 17.9. The number of hydrogen-bond acceptors (Lipinski definition) is 2. The van der Waals surface area contributed by atoms with E-state index in [1.54, 1.807) is 0 Å². The molecule has 0 N–H and O–H groups in total. The minimum Gasteiger partial charge on any atom is -0.793 e. The first-order chi connectivity index (χ1) is 10.7. The van der Waals surface area contributed by atoms with Crippen molar-refractivity contribution < 1.29 is 0 Å². The molecule has 0 aromatic heterocycles. The average Bonchev–Trinajstić information content (AvgIpc) is 2.51. The van der Waals surface area contributed by atoms with Crippen molar-refractivity contribution in [1.29, 1.82) is 0 Å². The van der Waals surface area contributed by atoms with Crippen molar-refractivity contribution in [3.8, 4) is 0 Å². The fraction of sp³-hybridized carbons (Fsp3) is 0.900. The zero-order valence-corrected chi connectivity index (χ0v) is 21.4. The smallest absolute Gasteiger partial charge is 0.793 e. The summed E-state index contributed by atoms with van der Waals surface area (Å²) in [5, 5.41) is 0. The Balaban J connectivity index is -0.0000000680. The van der Waals surface area contributed by atoms with E-state index in [4.69, 9.17) is 25.3 Å². The van der Waals surface area contributed by atoms with Gasteiger partial charge in [-0.25, -0.2) is 0 Å². The van der Waals surface area contributed by atoms with Crippen LogP contribution in [0.15, 0.2) is 0 Å². The van der Waals surface area contributed by atoms with E-state index in [0.717, 1.165) is 11.5 Å². The van der Waals surface area contributed by atoms with Crippen LogP contribution >= 0.6 is 0 Å². The molecule has 0 heterocycles. The summed E-state index contributed by atoms with van der Waals surface area (Å²) in [6.45, 7) is 12.5. The Labute approximate surface area is 178 Å². The first kappa shape index (κ1) is 35.6. The largest absolute Gasteiger partial charge is 2.00 e. The average molecular weight is 467 g/mol. The van der Waals surface area contributed by atoms with Gasteiger partial charge in [0, 0.05) is 0 Å². The van der Waals surface area contributed by atoms with Crippen LogP contribution in [0, 0.1) is 12.8 Å². The van der Waals surface area contributed by atoms with E-state index in [0.29, 0.717) is 0 Å². The molecule has 23 heavy (non-hydrogen) atoms. The second-order valence-corrected chi connectivity index (χ2v) is 6.21. The summed E-state index contributed by atoms with van der Waals surface area (Å²) in [5.74, 6) is 1.90. The molecule has 0 atom stereocenters. The van der Waals surface area contributed by atoms with E-state index < -0.39 is 0 Å². The molecule has 0 nitrogen and oxygen atoms in total. The van der Waals surface area contributed by atoms with Gasteiger partial charge in [-0.15, -0.1) is 0 Å². The van der Waals surface area contributed by atoms with Gasteiger partial charge in [-0.2, -0.15) is 11.5 Å². The van der Waals surface area contributed by atoms with Crippen LogP contribution in [0.1, 0.15) is 106 Å². The Bertz CT molecular complexity index is 96.2. The molecule has 4 radical (unpaired) electrons. The monoisotopic (exact) mass is 468 g/mol. The van der Waals surface area contributed by atoms with Crippen molar-refractivity contribution in [2.24, 2.45) is 0 Å². The predicted octanol–water partition coefficient (Wildman–Crippen LogP) is 7.09. The molecule has 0 aliphatic carbocycles. The van der Waals surface area contributed by atoms with E-state index in [2.05, 4.69) is 13.8 Å². The molecule has 0 aromatic rings. The SMILES string of the molecule is CCCCCCC[S-].CCCCCCC[S-].C[CH]C.C[CH]C.[Sn+2]. The van der Waals surface area contributed by atoms with Crippen LogP contribution in [0.2, 0.25) is 0 Å². The summed E-state index contributed by atoms with van der Waals surface area (Å²) < 4.78 is 0. The number of rotatable bonds is 10. The molecule has 0 amide bonds. The molecule has 0 fully saturated rings. The third-order valence-corrected chi connectivity index (χ3v) is 3.07. The Kier molecular flexibility index (Phi) is 76.6. The van der Waals surface area contributed by atoms with E-state index in [-0.39, 0.29) is 23.9 Å². The fourth-order valence-electron chi connectivity index (χ4n) is 1.41. The maximum Gasteiger partial charge on any atom is 2.00 e. The Hall–Kier alpha value is 1.50. The van der Waals surface area contributed by atoms with Gasteiger partial charge in [0.25, 0.3) is 0 Å². The third kappa shape index (κ3) is 82.1. The van der Waals surface area contributed by atoms with Gasteiger partial charge >= 0.3 is 23.9 Å². The van der Waals surface area contributed by atoms with Crippen LogP contribution in [0.3, 0.4) is 0 Å². The number of hydrogen-bond donors (Lipinski definition) is 0. The Morgan fingerprint density at radius 2 is 0.739 bits per heavy atom. The van der Waals surface area contributed by atoms with Gasteiger partial charge in [0.2, 0.25) is 0 Å². The molecule has 0 aromatic carbocycles. The molecule has 0 aliphatic heterocycles. The first-order valence-corrected chi connectivity index (χ1v) is 10.5. The van der Waals surface area contributed by atoms with E-state index in [1.165, 1.54) is 64.2 Å². The molecule has 0 rings (SSSR count). The van der Waals surface area contributed by atoms with Crippen molar-refractivity contribution in [3.05, 3.63) is 12.8 Å². The summed E-state index contributed by atoms with van der Waals surface area (Å²) in [4.78, 5) is 0. The van der Waals surface area contributed by atoms with Gasteiger partial charge in [0.1, 0.15) is 0 Å². The molecule has 3 heteroatoms. The maximum absolute atomic E-state index is 4.80. The van der Waals surface area contributed by atoms with E-state index >= 15 is 0 Å². The summed E-state index contributed by atoms with van der Waals surface area (Å²) in [7, 11) is 0. The molecular weight excluding hydrogens is 423 g/mol. The molecular formula is C20H44S2Sn. The molecule has 0 aliphatic rings. The molecule has 0 saturated heterocycles. The maximum atomic E-state index is 4.80. The molecule has 0 unspecified atom stereocenters. The van der Waals surface area contributed by atoms with Gasteiger partial charge in [0.15, 0.2) is 0 Å². The topological polar surface area (TPSA) is 0 Å². The summed E-state index contributed by atoms with van der Waals surface area (Å²) >= 11 is 9.60. The Morgan fingerprint density at radius 1 is 0.522 bits per heavy atom. The zero-order valence-electron chi connectivity index (χ0n) is 17.0. The molecule has 0 saturated carbocycles. The van der Waals surface area contributed by atoms with Crippen molar-refractivity contribution in [2.45, 2.75) is 106 Å². The minimum absolute atomic E-state index is 0. The standard InChI is InChI=1S/2C7H16S.2C3H7.Sn/c2*1-2-3-4-5-6-7-8;2*1-3-2;/h2*8H,2-7H2,1H3;2*3H,1-2H3;/q;;;;+2/p-2. The van der Waals surface area contributed by atoms with Crippen molar-refractivity contribution in [2.75, 3.05) is 11.5 Å². The van der Waals surface area contributed by atoms with E-state index in [1.807, 2.05) is 40.5 Å². The van der Waals surface area contributed by atoms with Gasteiger partial charge in [0.05, 0.1) is 0 Å². The second kappa shape index (κ2) is 49.5. The van der Waals surface area contributed by atoms with Crippen molar-refractivity contribution in [3.63, 3.8) is 0 Å². The van der Waals surface area contributed by atoms with Gasteiger partial charge in [-0.3, -0.25) is 0 Å². The van der Waals surface area contributed by atoms with E-state index in [9.17, 15) is 0 Å². The van der Waals surface area contributed by atoms with Crippen LogP contribution in [0.4, 0.5) is 0 Å². The molecule has 0 spiro atoms. The predicted molar refractivity (Wildman–Crippen MR) is 119 cm³/mol. The summed E-state index contributed by atoms with van der Waals surface area (Å²) in [6, 6.07) is 0. The van der Waals surface area contributed by atoms with Gasteiger partial charge in [-0.05, 0) is 12.8 Å². The van der Waals surface area contributed by atoms with Crippen LogP contribution in [0.25, 0.3) is 0 Å². The van der Waals surface area contributed by atoms with Crippen LogP contribution in [-0.2, 0) is 25.3 Å². The summed E-state index contributed by atoms with van der Waals surface area (Å²) in [5.41, 5.74) is 0. The molecule has 140 valence electrons. The fourth-order valence-corrected chi connectivity index (χ4v) is 1.82. The van der Waals surface area contributed by atoms with Crippen molar-refractivity contribution >= 4 is 49.2 Å². The first-order valence-electron chi connectivity index (χ1n) is 9.30. The normalized spacial score (nSPS) is 8.35. The van der Waals surface area contributed by atoms with Crippen LogP contribution in [-0.4, -0.2) is 35.4 Å². The van der Waals surface area contributed by atoms with Crippen molar-refractivity contribution in [1.82, 2.24) is 0 Å². The molecule has 0 bridgehead atoms. The van der Waals surface area contributed by atoms with Gasteiger partial charge in [-0.1, -0.05) is 106 Å². The minimum atomic E-state index is 0. The quantitative estimate of drug-likeness (QED) is 0.191.